The van der Waals surface area contributed by atoms with Crippen LogP contribution in [-0.4, -0.2) is 5.97 Å². The standard InChI is InChI=1S/C14H24O2/c1-2-3-4-5-6-7-8-9-10-11-12-13-14(15)16/h5-8H,2-4,9-13H2,1H3,(H,15,16)/p-1/b6-5+,8-7-. The Balaban J connectivity index is 3.21. The summed E-state index contributed by atoms with van der Waals surface area (Å²) in [7, 11) is 0. The topological polar surface area (TPSA) is 40.1 Å². The quantitative estimate of drug-likeness (QED) is 0.422. The maximum Gasteiger partial charge on any atom is 0.0414 e. The largest absolute Gasteiger partial charge is 0.550 e. The minimum absolute atomic E-state index is 0.195. The molecule has 0 atom stereocenters. The van der Waals surface area contributed by atoms with Crippen molar-refractivity contribution < 1.29 is 9.90 Å². The van der Waals surface area contributed by atoms with Crippen molar-refractivity contribution in [2.24, 2.45) is 0 Å². The minimum atomic E-state index is -0.936. The fourth-order valence-electron chi connectivity index (χ4n) is 1.38. The Morgan fingerprint density at radius 3 is 2.19 bits per heavy atom. The van der Waals surface area contributed by atoms with Gasteiger partial charge in [0.1, 0.15) is 0 Å². The number of unbranched alkanes of at least 4 members (excludes halogenated alkanes) is 5. The van der Waals surface area contributed by atoms with E-state index in [1.807, 2.05) is 0 Å². The lowest BCUT2D eigenvalue weighted by molar-refractivity contribution is -0.305. The molecule has 0 saturated heterocycles. The monoisotopic (exact) mass is 223 g/mol. The Morgan fingerprint density at radius 2 is 1.62 bits per heavy atom. The molecule has 0 aliphatic rings. The van der Waals surface area contributed by atoms with Gasteiger partial charge < -0.3 is 9.90 Å². The lowest BCUT2D eigenvalue weighted by atomic mass is 10.1. The highest BCUT2D eigenvalue weighted by Crippen LogP contribution is 2.03. The van der Waals surface area contributed by atoms with Crippen molar-refractivity contribution in [3.63, 3.8) is 0 Å². The normalized spacial score (nSPS) is 11.6. The van der Waals surface area contributed by atoms with Gasteiger partial charge in [0, 0.05) is 5.97 Å². The maximum atomic E-state index is 10.1. The van der Waals surface area contributed by atoms with Crippen molar-refractivity contribution in [2.45, 2.75) is 58.3 Å². The number of carbonyl (C=O) groups excluding carboxylic acids is 1. The molecule has 0 aliphatic carbocycles. The Morgan fingerprint density at radius 1 is 1.00 bits per heavy atom. The van der Waals surface area contributed by atoms with Crippen molar-refractivity contribution in [3.05, 3.63) is 24.3 Å². The van der Waals surface area contributed by atoms with Gasteiger partial charge in [-0.05, 0) is 32.1 Å². The second-order valence-corrected chi connectivity index (χ2v) is 3.97. The van der Waals surface area contributed by atoms with Crippen molar-refractivity contribution in [1.82, 2.24) is 0 Å². The van der Waals surface area contributed by atoms with E-state index in [1.165, 1.54) is 12.8 Å². The second kappa shape index (κ2) is 12.0. The first-order valence-corrected chi connectivity index (χ1v) is 6.29. The molecule has 0 saturated carbocycles. The first-order valence-electron chi connectivity index (χ1n) is 6.29. The molecule has 0 fully saturated rings. The zero-order chi connectivity index (χ0) is 12.1. The molecule has 0 spiro atoms. The van der Waals surface area contributed by atoms with Gasteiger partial charge in [0.2, 0.25) is 0 Å². The fraction of sp³-hybridized carbons (Fsp3) is 0.643. The van der Waals surface area contributed by atoms with E-state index in [1.54, 1.807) is 0 Å². The Labute approximate surface area is 99.1 Å². The third-order valence-corrected chi connectivity index (χ3v) is 2.36. The summed E-state index contributed by atoms with van der Waals surface area (Å²) in [4.78, 5) is 10.1. The van der Waals surface area contributed by atoms with E-state index in [0.29, 0.717) is 0 Å². The van der Waals surface area contributed by atoms with Gasteiger partial charge in [-0.3, -0.25) is 0 Å². The summed E-state index contributed by atoms with van der Waals surface area (Å²) in [6.07, 6.45) is 16.2. The average Bonchev–Trinajstić information content (AvgIpc) is 2.25. The molecule has 0 N–H and O–H groups in total. The molecule has 92 valence electrons. The van der Waals surface area contributed by atoms with Crippen LogP contribution in [-0.2, 0) is 4.79 Å². The van der Waals surface area contributed by atoms with Crippen LogP contribution < -0.4 is 5.11 Å². The Hall–Kier alpha value is -1.05. The van der Waals surface area contributed by atoms with Gasteiger partial charge in [-0.15, -0.1) is 0 Å². The van der Waals surface area contributed by atoms with Crippen molar-refractivity contribution >= 4 is 5.97 Å². The van der Waals surface area contributed by atoms with E-state index in [-0.39, 0.29) is 6.42 Å². The number of allylic oxidation sites excluding steroid dienone is 4. The number of rotatable bonds is 10. The van der Waals surface area contributed by atoms with Crippen LogP contribution in [0, 0.1) is 0 Å². The SMILES string of the molecule is CCCC/C=C/C=C\CCCCCC(=O)[O-]. The van der Waals surface area contributed by atoms with Crippen LogP contribution in [0.5, 0.6) is 0 Å². The molecular weight excluding hydrogens is 200 g/mol. The van der Waals surface area contributed by atoms with Gasteiger partial charge in [-0.1, -0.05) is 50.5 Å². The zero-order valence-corrected chi connectivity index (χ0v) is 10.3. The van der Waals surface area contributed by atoms with E-state index in [4.69, 9.17) is 0 Å². The van der Waals surface area contributed by atoms with Crippen LogP contribution >= 0.6 is 0 Å². The van der Waals surface area contributed by atoms with Crippen molar-refractivity contribution in [1.29, 1.82) is 0 Å². The summed E-state index contributed by atoms with van der Waals surface area (Å²) in [5.74, 6) is -0.936. The maximum absolute atomic E-state index is 10.1. The first kappa shape index (κ1) is 14.9. The molecule has 2 heteroatoms. The number of hydrogen-bond acceptors (Lipinski definition) is 2. The smallest absolute Gasteiger partial charge is 0.0414 e. The highest BCUT2D eigenvalue weighted by molar-refractivity contribution is 5.63. The molecule has 0 radical (unpaired) electrons. The van der Waals surface area contributed by atoms with Crippen molar-refractivity contribution in [2.75, 3.05) is 0 Å². The van der Waals surface area contributed by atoms with E-state index in [2.05, 4.69) is 31.2 Å². The van der Waals surface area contributed by atoms with Crippen LogP contribution in [0.15, 0.2) is 24.3 Å². The van der Waals surface area contributed by atoms with E-state index >= 15 is 0 Å². The van der Waals surface area contributed by atoms with Crippen LogP contribution in [0.4, 0.5) is 0 Å². The molecule has 0 unspecified atom stereocenters. The molecule has 0 aromatic rings. The summed E-state index contributed by atoms with van der Waals surface area (Å²) in [6.45, 7) is 2.19. The molecule has 0 aromatic heterocycles. The molecule has 2 nitrogen and oxygen atoms in total. The number of carbonyl (C=O) groups is 1. The molecular formula is C14H23O2-. The van der Waals surface area contributed by atoms with Gasteiger partial charge in [-0.25, -0.2) is 0 Å². The number of hydrogen-bond donors (Lipinski definition) is 0. The molecule has 0 aromatic carbocycles. The summed E-state index contributed by atoms with van der Waals surface area (Å²) < 4.78 is 0. The second-order valence-electron chi connectivity index (χ2n) is 3.97. The van der Waals surface area contributed by atoms with Gasteiger partial charge in [0.15, 0.2) is 0 Å². The molecule has 0 amide bonds. The van der Waals surface area contributed by atoms with Gasteiger partial charge in [-0.2, -0.15) is 0 Å². The predicted octanol–water partition coefficient (Wildman–Crippen LogP) is 2.99. The summed E-state index contributed by atoms with van der Waals surface area (Å²) in [5.41, 5.74) is 0. The van der Waals surface area contributed by atoms with Gasteiger partial charge in [0.25, 0.3) is 0 Å². The highest BCUT2D eigenvalue weighted by Gasteiger charge is 1.88. The molecule has 0 bridgehead atoms. The number of aliphatic carboxylic acids is 1. The van der Waals surface area contributed by atoms with E-state index in [9.17, 15) is 9.90 Å². The van der Waals surface area contributed by atoms with E-state index in [0.717, 1.165) is 32.1 Å². The lowest BCUT2D eigenvalue weighted by Crippen LogP contribution is -2.21. The number of carboxylic acid groups (broad SMARTS) is 1. The first-order chi connectivity index (χ1) is 7.77. The minimum Gasteiger partial charge on any atom is -0.550 e. The fourth-order valence-corrected chi connectivity index (χ4v) is 1.38. The third kappa shape index (κ3) is 12.9. The molecule has 0 rings (SSSR count). The Bertz CT molecular complexity index is 217. The molecule has 0 heterocycles. The lowest BCUT2D eigenvalue weighted by Gasteiger charge is -1.99. The summed E-state index contributed by atoms with van der Waals surface area (Å²) in [5, 5.41) is 10.1. The van der Waals surface area contributed by atoms with Gasteiger partial charge >= 0.3 is 0 Å². The van der Waals surface area contributed by atoms with E-state index < -0.39 is 5.97 Å². The third-order valence-electron chi connectivity index (χ3n) is 2.36. The molecule has 0 aliphatic heterocycles. The predicted molar refractivity (Wildman–Crippen MR) is 65.9 cm³/mol. The highest BCUT2D eigenvalue weighted by atomic mass is 16.4. The van der Waals surface area contributed by atoms with Crippen LogP contribution in [0.1, 0.15) is 58.3 Å². The van der Waals surface area contributed by atoms with Crippen LogP contribution in [0.2, 0.25) is 0 Å². The van der Waals surface area contributed by atoms with Crippen LogP contribution in [0.25, 0.3) is 0 Å². The average molecular weight is 223 g/mol. The Kier molecular flexibility index (Phi) is 11.2. The molecule has 16 heavy (non-hydrogen) atoms. The number of carboxylic acids is 1. The zero-order valence-electron chi connectivity index (χ0n) is 10.3. The van der Waals surface area contributed by atoms with Crippen LogP contribution in [0.3, 0.4) is 0 Å². The van der Waals surface area contributed by atoms with Gasteiger partial charge in [0.05, 0.1) is 0 Å². The summed E-state index contributed by atoms with van der Waals surface area (Å²) in [6, 6.07) is 0. The van der Waals surface area contributed by atoms with Crippen molar-refractivity contribution in [3.8, 4) is 0 Å². The summed E-state index contributed by atoms with van der Waals surface area (Å²) >= 11 is 0.